The molecule has 0 saturated heterocycles. The number of ether oxygens (including phenoxy) is 3. The lowest BCUT2D eigenvalue weighted by atomic mass is 10.1. The van der Waals surface area contributed by atoms with Gasteiger partial charge in [0.2, 0.25) is 10.0 Å². The molecule has 2 rings (SSSR count). The molecule has 31 heavy (non-hydrogen) atoms. The van der Waals surface area contributed by atoms with Crippen LogP contribution in [-0.2, 0) is 14.8 Å². The number of hydrogen-bond donors (Lipinski definition) is 2. The van der Waals surface area contributed by atoms with Gasteiger partial charge >= 0.3 is 0 Å². The number of rotatable bonds is 11. The van der Waals surface area contributed by atoms with Crippen LogP contribution < -0.4 is 24.2 Å². The molecule has 0 heterocycles. The van der Waals surface area contributed by atoms with E-state index in [1.165, 1.54) is 18.2 Å². The van der Waals surface area contributed by atoms with Gasteiger partial charge in [0, 0.05) is 6.54 Å². The lowest BCUT2D eigenvalue weighted by Gasteiger charge is -2.17. The van der Waals surface area contributed by atoms with E-state index in [1.807, 2.05) is 19.9 Å². The maximum atomic E-state index is 12.3. The van der Waals surface area contributed by atoms with Crippen molar-refractivity contribution in [2.75, 3.05) is 27.4 Å². The fourth-order valence-electron chi connectivity index (χ4n) is 2.72. The van der Waals surface area contributed by atoms with Gasteiger partial charge in [-0.15, -0.1) is 0 Å². The van der Waals surface area contributed by atoms with Gasteiger partial charge in [0.25, 0.3) is 5.91 Å². The molecule has 8 nitrogen and oxygen atoms in total. The second-order valence-electron chi connectivity index (χ2n) is 6.68. The van der Waals surface area contributed by atoms with E-state index in [0.29, 0.717) is 24.5 Å². The molecule has 1 atom stereocenters. The van der Waals surface area contributed by atoms with Crippen molar-refractivity contribution in [3.63, 3.8) is 0 Å². The third-order valence-corrected chi connectivity index (χ3v) is 6.15. The van der Waals surface area contributed by atoms with Crippen molar-refractivity contribution in [1.82, 2.24) is 10.0 Å². The molecular formula is C21H27ClN2O6S. The maximum Gasteiger partial charge on any atom is 0.258 e. The van der Waals surface area contributed by atoms with E-state index in [4.69, 9.17) is 25.8 Å². The van der Waals surface area contributed by atoms with Crippen molar-refractivity contribution in [3.8, 4) is 17.2 Å². The molecule has 1 unspecified atom stereocenters. The number of methoxy groups -OCH3 is 2. The molecule has 0 aliphatic rings. The summed E-state index contributed by atoms with van der Waals surface area (Å²) in [5, 5.41) is 2.92. The number of hydrogen-bond acceptors (Lipinski definition) is 6. The molecule has 2 aromatic carbocycles. The normalized spacial score (nSPS) is 12.2. The molecule has 0 saturated carbocycles. The summed E-state index contributed by atoms with van der Waals surface area (Å²) in [5.41, 5.74) is 0.832. The SMILES string of the molecule is CCCNS(=O)(=O)c1ccc(OCC(=O)NC(C)c2ccc(OC)c(OC)c2)c(Cl)c1. The molecule has 0 spiro atoms. The van der Waals surface area contributed by atoms with Crippen molar-refractivity contribution in [3.05, 3.63) is 47.0 Å². The van der Waals surface area contributed by atoms with Gasteiger partial charge < -0.3 is 19.5 Å². The molecule has 2 N–H and O–H groups in total. The number of carbonyl (C=O) groups is 1. The standard InChI is InChI=1S/C21H27ClN2O6S/c1-5-10-23-31(26,27)16-7-9-18(17(22)12-16)30-13-21(25)24-14(2)15-6-8-19(28-3)20(11-15)29-4/h6-9,11-12,14,23H,5,10,13H2,1-4H3,(H,24,25). The Bertz CT molecular complexity index is 1010. The monoisotopic (exact) mass is 470 g/mol. The summed E-state index contributed by atoms with van der Waals surface area (Å²) < 4.78 is 42.8. The number of benzene rings is 2. The third-order valence-electron chi connectivity index (χ3n) is 4.40. The lowest BCUT2D eigenvalue weighted by molar-refractivity contribution is -0.123. The van der Waals surface area contributed by atoms with Gasteiger partial charge in [-0.25, -0.2) is 13.1 Å². The smallest absolute Gasteiger partial charge is 0.258 e. The zero-order valence-electron chi connectivity index (χ0n) is 17.9. The van der Waals surface area contributed by atoms with Crippen LogP contribution in [0.5, 0.6) is 17.2 Å². The number of amides is 1. The first-order chi connectivity index (χ1) is 14.7. The molecular weight excluding hydrogens is 444 g/mol. The van der Waals surface area contributed by atoms with E-state index >= 15 is 0 Å². The van der Waals surface area contributed by atoms with E-state index < -0.39 is 10.0 Å². The Morgan fingerprint density at radius 3 is 2.35 bits per heavy atom. The third kappa shape index (κ3) is 6.75. The number of sulfonamides is 1. The lowest BCUT2D eigenvalue weighted by Crippen LogP contribution is -2.31. The Balaban J connectivity index is 1.98. The van der Waals surface area contributed by atoms with E-state index in [0.717, 1.165) is 5.56 Å². The minimum absolute atomic E-state index is 0.0322. The average Bonchev–Trinajstić information content (AvgIpc) is 2.76. The first kappa shape index (κ1) is 24.8. The summed E-state index contributed by atoms with van der Waals surface area (Å²) in [5.74, 6) is 1.01. The molecule has 2 aromatic rings. The first-order valence-corrected chi connectivity index (χ1v) is 11.5. The Labute approximate surface area is 187 Å². The summed E-state index contributed by atoms with van der Waals surface area (Å²) in [7, 11) is -0.548. The molecule has 0 fully saturated rings. The molecule has 1 amide bonds. The summed E-state index contributed by atoms with van der Waals surface area (Å²) in [6.07, 6.45) is 0.672. The number of nitrogens with one attached hydrogen (secondary N) is 2. The first-order valence-electron chi connectivity index (χ1n) is 9.65. The van der Waals surface area contributed by atoms with E-state index in [9.17, 15) is 13.2 Å². The number of halogens is 1. The van der Waals surface area contributed by atoms with Crippen LogP contribution >= 0.6 is 11.6 Å². The van der Waals surface area contributed by atoms with Crippen LogP contribution in [0.25, 0.3) is 0 Å². The second-order valence-corrected chi connectivity index (χ2v) is 8.86. The zero-order valence-corrected chi connectivity index (χ0v) is 19.5. The van der Waals surface area contributed by atoms with Crippen molar-refractivity contribution >= 4 is 27.5 Å². The van der Waals surface area contributed by atoms with Gasteiger partial charge in [0.05, 0.1) is 30.2 Å². The average molecular weight is 471 g/mol. The Morgan fingerprint density at radius 1 is 1.06 bits per heavy atom. The predicted octanol–water partition coefficient (Wildman–Crippen LogP) is 3.30. The van der Waals surface area contributed by atoms with E-state index in [2.05, 4.69) is 10.0 Å². The summed E-state index contributed by atoms with van der Waals surface area (Å²) in [4.78, 5) is 12.3. The van der Waals surface area contributed by atoms with Crippen molar-refractivity contribution in [1.29, 1.82) is 0 Å². The summed E-state index contributed by atoms with van der Waals surface area (Å²) >= 11 is 6.14. The molecule has 0 radical (unpaired) electrons. The van der Waals surface area contributed by atoms with Gasteiger partial charge in [-0.1, -0.05) is 24.6 Å². The molecule has 0 aliphatic carbocycles. The summed E-state index contributed by atoms with van der Waals surface area (Å²) in [6, 6.07) is 9.17. The largest absolute Gasteiger partial charge is 0.493 e. The van der Waals surface area contributed by atoms with Crippen LogP contribution in [0.3, 0.4) is 0 Å². The maximum absolute atomic E-state index is 12.3. The van der Waals surface area contributed by atoms with Gasteiger partial charge in [-0.05, 0) is 49.2 Å². The van der Waals surface area contributed by atoms with Gasteiger partial charge in [0.15, 0.2) is 18.1 Å². The topological polar surface area (TPSA) is 103 Å². The van der Waals surface area contributed by atoms with Crippen LogP contribution in [0.4, 0.5) is 0 Å². The zero-order chi connectivity index (χ0) is 23.0. The fourth-order valence-corrected chi connectivity index (χ4v) is 4.18. The Morgan fingerprint density at radius 2 is 1.74 bits per heavy atom. The molecule has 0 bridgehead atoms. The highest BCUT2D eigenvalue weighted by Gasteiger charge is 2.17. The molecule has 10 heteroatoms. The fraction of sp³-hybridized carbons (Fsp3) is 0.381. The van der Waals surface area contributed by atoms with Gasteiger partial charge in [-0.3, -0.25) is 4.79 Å². The minimum atomic E-state index is -3.64. The van der Waals surface area contributed by atoms with Crippen LogP contribution in [0.15, 0.2) is 41.3 Å². The van der Waals surface area contributed by atoms with E-state index in [-0.39, 0.29) is 34.2 Å². The number of carbonyl (C=O) groups excluding carboxylic acids is 1. The second kappa shape index (κ2) is 11.2. The predicted molar refractivity (Wildman–Crippen MR) is 119 cm³/mol. The Kier molecular flexibility index (Phi) is 8.97. The summed E-state index contributed by atoms with van der Waals surface area (Å²) in [6.45, 7) is 3.74. The van der Waals surface area contributed by atoms with Crippen molar-refractivity contribution in [2.24, 2.45) is 0 Å². The van der Waals surface area contributed by atoms with Crippen molar-refractivity contribution < 1.29 is 27.4 Å². The highest BCUT2D eigenvalue weighted by molar-refractivity contribution is 7.89. The van der Waals surface area contributed by atoms with Gasteiger partial charge in [0.1, 0.15) is 5.75 Å². The van der Waals surface area contributed by atoms with Crippen LogP contribution in [-0.4, -0.2) is 41.7 Å². The van der Waals surface area contributed by atoms with Crippen LogP contribution in [0.1, 0.15) is 31.9 Å². The van der Waals surface area contributed by atoms with Crippen LogP contribution in [0, 0.1) is 0 Å². The minimum Gasteiger partial charge on any atom is -0.493 e. The quantitative estimate of drug-likeness (QED) is 0.522. The van der Waals surface area contributed by atoms with E-state index in [1.54, 1.807) is 26.4 Å². The van der Waals surface area contributed by atoms with Gasteiger partial charge in [-0.2, -0.15) is 0 Å². The molecule has 0 aromatic heterocycles. The molecule has 170 valence electrons. The molecule has 0 aliphatic heterocycles. The Hall–Kier alpha value is -2.49. The highest BCUT2D eigenvalue weighted by Crippen LogP contribution is 2.30. The van der Waals surface area contributed by atoms with Crippen molar-refractivity contribution in [2.45, 2.75) is 31.2 Å². The highest BCUT2D eigenvalue weighted by atomic mass is 35.5. The van der Waals surface area contributed by atoms with Crippen LogP contribution in [0.2, 0.25) is 5.02 Å².